The van der Waals surface area contributed by atoms with Gasteiger partial charge in [-0.2, -0.15) is 5.10 Å². The van der Waals surface area contributed by atoms with E-state index < -0.39 is 0 Å². The zero-order valence-electron chi connectivity index (χ0n) is 14.9. The minimum Gasteiger partial charge on any atom is -0.405 e. The fraction of sp³-hybridized carbons (Fsp3) is 0.222. The number of hydrogen-bond acceptors (Lipinski definition) is 8. The van der Waals surface area contributed by atoms with Crippen molar-refractivity contribution >= 4 is 17.7 Å². The molecular weight excluding hydrogens is 344 g/mol. The van der Waals surface area contributed by atoms with Crippen LogP contribution in [0, 0.1) is 0 Å². The summed E-state index contributed by atoms with van der Waals surface area (Å²) in [5.41, 5.74) is 14.7. The van der Waals surface area contributed by atoms with Gasteiger partial charge >= 0.3 is 0 Å². The third kappa shape index (κ3) is 4.39. The van der Waals surface area contributed by atoms with Crippen LogP contribution in [0.5, 0.6) is 0 Å². The van der Waals surface area contributed by atoms with Crippen LogP contribution in [0.15, 0.2) is 43.1 Å². The standard InChI is InChI=1S/C18H22N8O/c1-12(13-3-5-21-15(8-13)2-4-19)24-18-17(20)22-10-16(25-18)14-9-23-26(11-14)6-7-27/h2-5,8-12,27H,6-7,19H2,1H3,(H2,20,22)(H,24,25). The summed E-state index contributed by atoms with van der Waals surface area (Å²) in [5.74, 6) is 0.798. The van der Waals surface area contributed by atoms with Crippen molar-refractivity contribution in [1.82, 2.24) is 24.7 Å². The van der Waals surface area contributed by atoms with Crippen LogP contribution in [0.3, 0.4) is 0 Å². The summed E-state index contributed by atoms with van der Waals surface area (Å²) < 4.78 is 1.65. The number of nitrogens with one attached hydrogen (secondary N) is 1. The predicted molar refractivity (Wildman–Crippen MR) is 104 cm³/mol. The molecule has 0 radical (unpaired) electrons. The van der Waals surface area contributed by atoms with Crippen molar-refractivity contribution in [2.24, 2.45) is 5.73 Å². The summed E-state index contributed by atoms with van der Waals surface area (Å²) in [5, 5.41) is 16.5. The molecule has 0 saturated carbocycles. The average molecular weight is 366 g/mol. The Morgan fingerprint density at radius 1 is 1.33 bits per heavy atom. The summed E-state index contributed by atoms with van der Waals surface area (Å²) in [6, 6.07) is 3.78. The molecule has 3 heterocycles. The molecule has 6 N–H and O–H groups in total. The zero-order chi connectivity index (χ0) is 19.2. The van der Waals surface area contributed by atoms with Crippen molar-refractivity contribution in [2.75, 3.05) is 17.7 Å². The number of aliphatic hydroxyl groups is 1. The van der Waals surface area contributed by atoms with Crippen molar-refractivity contribution < 1.29 is 5.11 Å². The summed E-state index contributed by atoms with van der Waals surface area (Å²) in [7, 11) is 0. The smallest absolute Gasteiger partial charge is 0.170 e. The summed E-state index contributed by atoms with van der Waals surface area (Å²) in [6.07, 6.45) is 9.99. The Morgan fingerprint density at radius 2 is 2.19 bits per heavy atom. The lowest BCUT2D eigenvalue weighted by molar-refractivity contribution is 0.269. The molecule has 0 aliphatic heterocycles. The topological polar surface area (TPSA) is 141 Å². The van der Waals surface area contributed by atoms with E-state index >= 15 is 0 Å². The Balaban J connectivity index is 1.82. The molecular formula is C18H22N8O. The van der Waals surface area contributed by atoms with Crippen LogP contribution in [0.4, 0.5) is 11.6 Å². The number of aromatic nitrogens is 5. The Hall–Kier alpha value is -3.46. The SMILES string of the molecule is CC(Nc1nc(-c2cnn(CCO)c2)cnc1N)c1ccnc(C=CN)c1. The number of nitrogens with zero attached hydrogens (tertiary/aromatic N) is 5. The van der Waals surface area contributed by atoms with E-state index in [9.17, 15) is 0 Å². The van der Waals surface area contributed by atoms with Crippen molar-refractivity contribution in [3.05, 3.63) is 54.4 Å². The Morgan fingerprint density at radius 3 is 2.96 bits per heavy atom. The second-order valence-electron chi connectivity index (χ2n) is 5.94. The zero-order valence-corrected chi connectivity index (χ0v) is 14.9. The number of rotatable bonds is 7. The van der Waals surface area contributed by atoms with Gasteiger partial charge in [-0.15, -0.1) is 0 Å². The van der Waals surface area contributed by atoms with Crippen molar-refractivity contribution in [3.8, 4) is 11.3 Å². The molecule has 0 amide bonds. The lowest BCUT2D eigenvalue weighted by atomic mass is 10.1. The van der Waals surface area contributed by atoms with Crippen LogP contribution in [0.1, 0.15) is 24.2 Å². The Kier molecular flexibility index (Phi) is 5.62. The molecule has 27 heavy (non-hydrogen) atoms. The van der Waals surface area contributed by atoms with Crippen LogP contribution in [0.2, 0.25) is 0 Å². The molecule has 0 aliphatic carbocycles. The van der Waals surface area contributed by atoms with Gasteiger partial charge < -0.3 is 21.9 Å². The first kappa shape index (κ1) is 18.3. The second-order valence-corrected chi connectivity index (χ2v) is 5.94. The normalized spacial score (nSPS) is 12.4. The number of anilines is 2. The van der Waals surface area contributed by atoms with Gasteiger partial charge in [0, 0.05) is 18.0 Å². The third-order valence-electron chi connectivity index (χ3n) is 3.98. The molecule has 0 bridgehead atoms. The van der Waals surface area contributed by atoms with E-state index in [1.165, 1.54) is 6.20 Å². The quantitative estimate of drug-likeness (QED) is 0.492. The van der Waals surface area contributed by atoms with Crippen LogP contribution in [-0.4, -0.2) is 36.4 Å². The molecule has 9 nitrogen and oxygen atoms in total. The minimum absolute atomic E-state index is 0.0200. The highest BCUT2D eigenvalue weighted by Crippen LogP contribution is 2.25. The van der Waals surface area contributed by atoms with Gasteiger partial charge in [0.15, 0.2) is 11.6 Å². The highest BCUT2D eigenvalue weighted by Gasteiger charge is 2.12. The predicted octanol–water partition coefficient (Wildman–Crippen LogP) is 1.41. The Labute approximate surface area is 156 Å². The van der Waals surface area contributed by atoms with Gasteiger partial charge in [0.25, 0.3) is 0 Å². The van der Waals surface area contributed by atoms with Crippen LogP contribution in [0.25, 0.3) is 17.3 Å². The minimum atomic E-state index is -0.0677. The first-order chi connectivity index (χ1) is 13.1. The van der Waals surface area contributed by atoms with E-state index in [1.54, 1.807) is 35.5 Å². The number of hydrogen-bond donors (Lipinski definition) is 4. The number of aliphatic hydroxyl groups excluding tert-OH is 1. The third-order valence-corrected chi connectivity index (χ3v) is 3.98. The van der Waals surface area contributed by atoms with Crippen molar-refractivity contribution in [1.29, 1.82) is 0 Å². The molecule has 0 aliphatic rings. The number of pyridine rings is 1. The molecule has 3 aromatic heterocycles. The highest BCUT2D eigenvalue weighted by atomic mass is 16.3. The van der Waals surface area contributed by atoms with Gasteiger partial charge in [0.2, 0.25) is 0 Å². The fourth-order valence-electron chi connectivity index (χ4n) is 2.58. The van der Waals surface area contributed by atoms with E-state index in [2.05, 4.69) is 25.4 Å². The van der Waals surface area contributed by atoms with Crippen molar-refractivity contribution in [3.63, 3.8) is 0 Å². The summed E-state index contributed by atoms with van der Waals surface area (Å²) >= 11 is 0. The van der Waals surface area contributed by atoms with E-state index in [1.807, 2.05) is 19.1 Å². The van der Waals surface area contributed by atoms with Gasteiger partial charge in [-0.25, -0.2) is 9.97 Å². The van der Waals surface area contributed by atoms with Crippen LogP contribution in [-0.2, 0) is 6.54 Å². The van der Waals surface area contributed by atoms with Gasteiger partial charge in [-0.3, -0.25) is 9.67 Å². The Bertz CT molecular complexity index is 937. The fourth-order valence-corrected chi connectivity index (χ4v) is 2.58. The monoisotopic (exact) mass is 366 g/mol. The molecule has 1 atom stereocenters. The average Bonchev–Trinajstić information content (AvgIpc) is 3.13. The molecule has 0 spiro atoms. The van der Waals surface area contributed by atoms with Crippen LogP contribution >= 0.6 is 0 Å². The first-order valence-corrected chi connectivity index (χ1v) is 8.47. The molecule has 9 heteroatoms. The molecule has 3 aromatic rings. The number of nitrogen functional groups attached to an aromatic ring is 1. The largest absolute Gasteiger partial charge is 0.405 e. The van der Waals surface area contributed by atoms with E-state index in [-0.39, 0.29) is 12.6 Å². The van der Waals surface area contributed by atoms with Gasteiger partial charge in [-0.1, -0.05) is 0 Å². The highest BCUT2D eigenvalue weighted by molar-refractivity contribution is 5.64. The van der Waals surface area contributed by atoms with E-state index in [0.717, 1.165) is 16.8 Å². The summed E-state index contributed by atoms with van der Waals surface area (Å²) in [6.45, 7) is 2.44. The van der Waals surface area contributed by atoms with Gasteiger partial charge in [0.1, 0.15) is 0 Å². The molecule has 0 aromatic carbocycles. The summed E-state index contributed by atoms with van der Waals surface area (Å²) in [4.78, 5) is 13.0. The lowest BCUT2D eigenvalue weighted by Gasteiger charge is -2.16. The van der Waals surface area contributed by atoms with Gasteiger partial charge in [-0.05, 0) is 36.9 Å². The maximum Gasteiger partial charge on any atom is 0.170 e. The maximum atomic E-state index is 9.01. The molecule has 3 rings (SSSR count). The molecule has 0 saturated heterocycles. The lowest BCUT2D eigenvalue weighted by Crippen LogP contribution is -2.11. The van der Waals surface area contributed by atoms with Crippen molar-refractivity contribution in [2.45, 2.75) is 19.5 Å². The first-order valence-electron chi connectivity index (χ1n) is 8.47. The van der Waals surface area contributed by atoms with Crippen LogP contribution < -0.4 is 16.8 Å². The molecule has 140 valence electrons. The molecule has 0 fully saturated rings. The molecule has 1 unspecified atom stereocenters. The van der Waals surface area contributed by atoms with E-state index in [0.29, 0.717) is 23.9 Å². The number of nitrogens with two attached hydrogens (primary N) is 2. The second kappa shape index (κ2) is 8.28. The van der Waals surface area contributed by atoms with Gasteiger partial charge in [0.05, 0.1) is 43.0 Å². The maximum absolute atomic E-state index is 9.01. The van der Waals surface area contributed by atoms with E-state index in [4.69, 9.17) is 16.6 Å².